The van der Waals surface area contributed by atoms with Crippen LogP contribution in [0.25, 0.3) is 0 Å². The normalized spacial score (nSPS) is 9.69. The van der Waals surface area contributed by atoms with Crippen LogP contribution in [0.4, 0.5) is 0 Å². The molecule has 70 valence electrons. The largest absolute Gasteiger partial charge is 0.347 e. The van der Waals surface area contributed by atoms with Crippen molar-refractivity contribution in [2.24, 2.45) is 0 Å². The van der Waals surface area contributed by atoms with Crippen LogP contribution in [0.15, 0.2) is 23.2 Å². The van der Waals surface area contributed by atoms with Gasteiger partial charge < -0.3 is 5.32 Å². The first-order valence-electron chi connectivity index (χ1n) is 3.46. The Hall–Kier alpha value is -0.320. The Labute approximate surface area is 93.7 Å². The summed E-state index contributed by atoms with van der Waals surface area (Å²) in [7, 11) is 0. The molecule has 1 aromatic rings. The third-order valence-electron chi connectivity index (χ3n) is 1.24. The molecule has 1 rings (SSSR count). The average molecular weight is 281 g/mol. The number of thiophene rings is 1. The van der Waals surface area contributed by atoms with Gasteiger partial charge in [0, 0.05) is 11.0 Å². The van der Waals surface area contributed by atoms with Crippen molar-refractivity contribution in [3.63, 3.8) is 0 Å². The zero-order chi connectivity index (χ0) is 9.84. The molecule has 1 aromatic heterocycles. The second-order valence-corrected chi connectivity index (χ2v) is 5.14. The van der Waals surface area contributed by atoms with Gasteiger partial charge in [0.15, 0.2) is 0 Å². The van der Waals surface area contributed by atoms with E-state index in [4.69, 9.17) is 11.6 Å². The fourth-order valence-electron chi connectivity index (χ4n) is 0.700. The lowest BCUT2D eigenvalue weighted by Crippen LogP contribution is -2.23. The number of nitrogens with one attached hydrogen (secondary N) is 1. The highest BCUT2D eigenvalue weighted by Gasteiger charge is 2.07. The predicted molar refractivity (Wildman–Crippen MR) is 59.7 cm³/mol. The van der Waals surface area contributed by atoms with Crippen LogP contribution < -0.4 is 5.32 Å². The van der Waals surface area contributed by atoms with Crippen molar-refractivity contribution in [3.8, 4) is 0 Å². The second kappa shape index (κ2) is 4.79. The number of carbonyl (C=O) groups is 1. The van der Waals surface area contributed by atoms with E-state index >= 15 is 0 Å². The fraction of sp³-hybridized carbons (Fsp3) is 0.125. The fourth-order valence-corrected chi connectivity index (χ4v) is 1.80. The van der Waals surface area contributed by atoms with Crippen LogP contribution in [-0.4, -0.2) is 12.5 Å². The molecule has 1 amide bonds. The van der Waals surface area contributed by atoms with Crippen molar-refractivity contribution < 1.29 is 4.79 Å². The Morgan fingerprint density at radius 2 is 2.38 bits per heavy atom. The van der Waals surface area contributed by atoms with Gasteiger partial charge in [-0.2, -0.15) is 0 Å². The van der Waals surface area contributed by atoms with Crippen LogP contribution in [0.5, 0.6) is 0 Å². The second-order valence-electron chi connectivity index (χ2n) is 2.30. The molecule has 1 heterocycles. The highest BCUT2D eigenvalue weighted by atomic mass is 79.9. The molecule has 0 unspecified atom stereocenters. The third-order valence-corrected chi connectivity index (χ3v) is 2.75. The highest BCUT2D eigenvalue weighted by Crippen LogP contribution is 2.21. The topological polar surface area (TPSA) is 29.1 Å². The van der Waals surface area contributed by atoms with Gasteiger partial charge in [-0.3, -0.25) is 4.79 Å². The van der Waals surface area contributed by atoms with Gasteiger partial charge in [-0.05, 0) is 12.1 Å². The maximum Gasteiger partial charge on any atom is 0.261 e. The molecular weight excluding hydrogens is 274 g/mol. The van der Waals surface area contributed by atoms with Gasteiger partial charge in [0.2, 0.25) is 0 Å². The smallest absolute Gasteiger partial charge is 0.261 e. The Kier molecular flexibility index (Phi) is 3.96. The number of carbonyl (C=O) groups excluding carboxylic acids is 1. The quantitative estimate of drug-likeness (QED) is 0.906. The molecule has 13 heavy (non-hydrogen) atoms. The van der Waals surface area contributed by atoms with Crippen molar-refractivity contribution in [2.45, 2.75) is 0 Å². The van der Waals surface area contributed by atoms with Crippen LogP contribution in [0, 0.1) is 0 Å². The summed E-state index contributed by atoms with van der Waals surface area (Å²) >= 11 is 10.1. The van der Waals surface area contributed by atoms with Gasteiger partial charge in [-0.25, -0.2) is 0 Å². The highest BCUT2D eigenvalue weighted by molar-refractivity contribution is 9.11. The number of halogens is 2. The van der Waals surface area contributed by atoms with E-state index in [2.05, 4.69) is 27.8 Å². The molecule has 0 radical (unpaired) electrons. The molecule has 0 spiro atoms. The minimum atomic E-state index is -0.127. The summed E-state index contributed by atoms with van der Waals surface area (Å²) in [6.45, 7) is 4.03. The summed E-state index contributed by atoms with van der Waals surface area (Å²) in [6.07, 6.45) is 0. The number of amides is 1. The molecule has 1 N–H and O–H groups in total. The van der Waals surface area contributed by atoms with E-state index in [1.807, 2.05) is 0 Å². The van der Waals surface area contributed by atoms with Crippen molar-refractivity contribution in [2.75, 3.05) is 6.54 Å². The van der Waals surface area contributed by atoms with E-state index in [1.54, 1.807) is 12.1 Å². The van der Waals surface area contributed by atoms with Gasteiger partial charge in [0.1, 0.15) is 0 Å². The van der Waals surface area contributed by atoms with Crippen LogP contribution in [0.2, 0.25) is 4.34 Å². The Morgan fingerprint density at radius 1 is 1.69 bits per heavy atom. The summed E-state index contributed by atoms with van der Waals surface area (Å²) < 4.78 is 1.35. The summed E-state index contributed by atoms with van der Waals surface area (Å²) in [5.74, 6) is -0.127. The SMILES string of the molecule is C=C(Br)CNC(=O)c1ccc(Cl)s1. The Morgan fingerprint density at radius 3 is 2.85 bits per heavy atom. The predicted octanol–water partition coefficient (Wildman–Crippen LogP) is 3.04. The molecule has 0 atom stereocenters. The molecule has 0 aliphatic heterocycles. The van der Waals surface area contributed by atoms with Crippen molar-refractivity contribution in [1.29, 1.82) is 0 Å². The van der Waals surface area contributed by atoms with E-state index in [9.17, 15) is 4.79 Å². The van der Waals surface area contributed by atoms with Gasteiger partial charge in [-0.15, -0.1) is 11.3 Å². The molecule has 0 aliphatic rings. The third kappa shape index (κ3) is 3.50. The van der Waals surface area contributed by atoms with Gasteiger partial charge in [0.25, 0.3) is 5.91 Å². The Bertz CT molecular complexity index is 337. The maximum absolute atomic E-state index is 11.3. The lowest BCUT2D eigenvalue weighted by molar-refractivity contribution is 0.0962. The van der Waals surface area contributed by atoms with E-state index in [-0.39, 0.29) is 5.91 Å². The van der Waals surface area contributed by atoms with Gasteiger partial charge in [0.05, 0.1) is 9.21 Å². The van der Waals surface area contributed by atoms with Crippen molar-refractivity contribution in [3.05, 3.63) is 32.4 Å². The first-order valence-corrected chi connectivity index (χ1v) is 5.45. The lowest BCUT2D eigenvalue weighted by Gasteiger charge is -2.00. The summed E-state index contributed by atoms with van der Waals surface area (Å²) in [6, 6.07) is 3.39. The maximum atomic E-state index is 11.3. The Balaban J connectivity index is 2.54. The first kappa shape index (κ1) is 10.8. The molecule has 5 heteroatoms. The summed E-state index contributed by atoms with van der Waals surface area (Å²) in [4.78, 5) is 12.0. The molecule has 0 saturated heterocycles. The standard InChI is InChI=1S/C8H7BrClNOS/c1-5(9)4-11-8(12)6-2-3-7(10)13-6/h2-3H,1,4H2,(H,11,12). The molecule has 0 fully saturated rings. The van der Waals surface area contributed by atoms with Crippen molar-refractivity contribution in [1.82, 2.24) is 5.32 Å². The first-order chi connectivity index (χ1) is 6.09. The molecule has 0 bridgehead atoms. The molecule has 2 nitrogen and oxygen atoms in total. The minimum absolute atomic E-state index is 0.127. The van der Waals surface area contributed by atoms with Gasteiger partial charge in [-0.1, -0.05) is 34.1 Å². The van der Waals surface area contributed by atoms with E-state index in [1.165, 1.54) is 11.3 Å². The minimum Gasteiger partial charge on any atom is -0.347 e. The average Bonchev–Trinajstić information content (AvgIpc) is 2.47. The molecule has 0 aromatic carbocycles. The number of hydrogen-bond acceptors (Lipinski definition) is 2. The molecule has 0 aliphatic carbocycles. The number of hydrogen-bond donors (Lipinski definition) is 1. The molecule has 0 saturated carbocycles. The van der Waals surface area contributed by atoms with Crippen molar-refractivity contribution >= 4 is 44.8 Å². The van der Waals surface area contributed by atoms with Crippen LogP contribution in [0.1, 0.15) is 9.67 Å². The van der Waals surface area contributed by atoms with Gasteiger partial charge >= 0.3 is 0 Å². The lowest BCUT2D eigenvalue weighted by atomic mass is 10.4. The summed E-state index contributed by atoms with van der Waals surface area (Å²) in [5, 5.41) is 2.68. The van der Waals surface area contributed by atoms with E-state index in [0.717, 1.165) is 4.48 Å². The van der Waals surface area contributed by atoms with E-state index in [0.29, 0.717) is 15.8 Å². The monoisotopic (exact) mass is 279 g/mol. The number of rotatable bonds is 3. The zero-order valence-corrected chi connectivity index (χ0v) is 9.80. The summed E-state index contributed by atoms with van der Waals surface area (Å²) in [5.41, 5.74) is 0. The van der Waals surface area contributed by atoms with Crippen LogP contribution in [-0.2, 0) is 0 Å². The van der Waals surface area contributed by atoms with Crippen LogP contribution >= 0.6 is 38.9 Å². The van der Waals surface area contributed by atoms with Crippen LogP contribution in [0.3, 0.4) is 0 Å². The zero-order valence-electron chi connectivity index (χ0n) is 6.64. The van der Waals surface area contributed by atoms with E-state index < -0.39 is 0 Å². The molecular formula is C8H7BrClNOS.